The van der Waals surface area contributed by atoms with Crippen LogP contribution in [-0.4, -0.2) is 39.0 Å². The van der Waals surface area contributed by atoms with Crippen molar-refractivity contribution in [2.24, 2.45) is 0 Å². The highest BCUT2D eigenvalue weighted by Crippen LogP contribution is 2.32. The maximum atomic E-state index is 15.0. The standard InChI is InChI=1S/C26H24F6N6O3/c1-13-4-5-19(36-22(13)33)17-9-14-6-8-38(24(40)16(14)10-18(17)27)7-2-3-15(12-41-25(28)29)35-20-11-34-37-23(39)21(20)26(30,31)32/h4-6,8-11,15,25H,2-3,7,12H2,1H3,(H2,33,36)(H2,35,37,39). The molecule has 1 aromatic carbocycles. The maximum Gasteiger partial charge on any atom is 0.423 e. The number of benzene rings is 1. The second-order valence-corrected chi connectivity index (χ2v) is 9.20. The largest absolute Gasteiger partial charge is 0.423 e. The van der Waals surface area contributed by atoms with Crippen LogP contribution in [0.4, 0.5) is 37.8 Å². The first-order chi connectivity index (χ1) is 19.3. The summed E-state index contributed by atoms with van der Waals surface area (Å²) in [6.07, 6.45) is -2.76. The number of aryl methyl sites for hydroxylation is 2. The molecule has 0 saturated heterocycles. The van der Waals surface area contributed by atoms with Gasteiger partial charge in [0, 0.05) is 24.3 Å². The van der Waals surface area contributed by atoms with E-state index in [1.807, 2.05) is 0 Å². The fourth-order valence-electron chi connectivity index (χ4n) is 4.28. The molecule has 0 radical (unpaired) electrons. The third-order valence-electron chi connectivity index (χ3n) is 6.35. The van der Waals surface area contributed by atoms with Gasteiger partial charge in [-0.3, -0.25) is 9.59 Å². The molecular formula is C26H24F6N6O3. The third-order valence-corrected chi connectivity index (χ3v) is 6.35. The Morgan fingerprint density at radius 3 is 2.61 bits per heavy atom. The van der Waals surface area contributed by atoms with E-state index in [-0.39, 0.29) is 36.2 Å². The molecule has 3 heterocycles. The minimum absolute atomic E-state index is 0.0286. The van der Waals surface area contributed by atoms with Gasteiger partial charge in [-0.25, -0.2) is 14.5 Å². The number of halogens is 6. The molecule has 0 spiro atoms. The lowest BCUT2D eigenvalue weighted by atomic mass is 10.0. The highest BCUT2D eigenvalue weighted by atomic mass is 19.4. The van der Waals surface area contributed by atoms with Crippen molar-refractivity contribution in [2.75, 3.05) is 17.7 Å². The molecule has 0 aliphatic rings. The summed E-state index contributed by atoms with van der Waals surface area (Å²) < 4.78 is 86.1. The molecule has 3 aromatic heterocycles. The van der Waals surface area contributed by atoms with Crippen molar-refractivity contribution in [3.05, 3.63) is 80.4 Å². The Morgan fingerprint density at radius 2 is 1.93 bits per heavy atom. The van der Waals surface area contributed by atoms with Crippen LogP contribution < -0.4 is 22.2 Å². The fraction of sp³-hybridized carbons (Fsp3) is 0.308. The van der Waals surface area contributed by atoms with Gasteiger partial charge in [-0.2, -0.15) is 27.1 Å². The molecule has 0 aliphatic carbocycles. The van der Waals surface area contributed by atoms with Gasteiger partial charge >= 0.3 is 12.8 Å². The predicted molar refractivity (Wildman–Crippen MR) is 139 cm³/mol. The van der Waals surface area contributed by atoms with Crippen LogP contribution in [0.5, 0.6) is 0 Å². The number of anilines is 2. The Balaban J connectivity index is 1.53. The van der Waals surface area contributed by atoms with Gasteiger partial charge in [-0.05, 0) is 55.0 Å². The summed E-state index contributed by atoms with van der Waals surface area (Å²) in [5, 5.41) is 7.95. The fourth-order valence-corrected chi connectivity index (χ4v) is 4.28. The summed E-state index contributed by atoms with van der Waals surface area (Å²) in [6.45, 7) is -2.09. The van der Waals surface area contributed by atoms with Gasteiger partial charge in [0.2, 0.25) is 0 Å². The number of rotatable bonds is 10. The summed E-state index contributed by atoms with van der Waals surface area (Å²) in [4.78, 5) is 29.0. The normalized spacial score (nSPS) is 12.7. The van der Waals surface area contributed by atoms with E-state index < -0.39 is 53.6 Å². The van der Waals surface area contributed by atoms with Crippen LogP contribution in [0.3, 0.4) is 0 Å². The third kappa shape index (κ3) is 6.85. The second-order valence-electron chi connectivity index (χ2n) is 9.20. The topological polar surface area (TPSA) is 128 Å². The van der Waals surface area contributed by atoms with Crippen LogP contribution in [0.15, 0.2) is 52.3 Å². The van der Waals surface area contributed by atoms with Crippen molar-refractivity contribution < 1.29 is 31.1 Å². The Kier molecular flexibility index (Phi) is 8.66. The van der Waals surface area contributed by atoms with E-state index in [0.717, 1.165) is 17.8 Å². The number of H-pyrrole nitrogens is 1. The molecule has 218 valence electrons. The first-order valence-corrected chi connectivity index (χ1v) is 12.2. The van der Waals surface area contributed by atoms with Crippen LogP contribution in [0.2, 0.25) is 0 Å². The van der Waals surface area contributed by atoms with Gasteiger partial charge in [0.15, 0.2) is 0 Å². The van der Waals surface area contributed by atoms with Crippen molar-refractivity contribution in [3.8, 4) is 11.3 Å². The number of nitrogens with zero attached hydrogens (tertiary/aromatic N) is 3. The Bertz CT molecular complexity index is 1670. The van der Waals surface area contributed by atoms with Crippen LogP contribution in [0, 0.1) is 12.7 Å². The predicted octanol–water partition coefficient (Wildman–Crippen LogP) is 4.70. The van der Waals surface area contributed by atoms with Gasteiger partial charge in [-0.15, -0.1) is 0 Å². The Labute approximate surface area is 228 Å². The van der Waals surface area contributed by atoms with Crippen molar-refractivity contribution >= 4 is 22.3 Å². The number of aromatic nitrogens is 4. The van der Waals surface area contributed by atoms with Crippen LogP contribution in [0.25, 0.3) is 22.0 Å². The molecule has 0 fully saturated rings. The van der Waals surface area contributed by atoms with Crippen LogP contribution in [-0.2, 0) is 17.5 Å². The molecule has 0 saturated carbocycles. The lowest BCUT2D eigenvalue weighted by molar-refractivity contribution is -0.138. The minimum atomic E-state index is -5.04. The van der Waals surface area contributed by atoms with Gasteiger partial charge in [0.25, 0.3) is 11.1 Å². The Hall–Kier alpha value is -4.40. The molecule has 15 heteroatoms. The molecule has 0 bridgehead atoms. The molecular weight excluding hydrogens is 558 g/mol. The van der Waals surface area contributed by atoms with Gasteiger partial charge in [-0.1, -0.05) is 6.07 Å². The minimum Gasteiger partial charge on any atom is -0.383 e. The Morgan fingerprint density at radius 1 is 1.17 bits per heavy atom. The number of fused-ring (bicyclic) bond motifs is 1. The lowest BCUT2D eigenvalue weighted by Crippen LogP contribution is -2.32. The van der Waals surface area contributed by atoms with E-state index in [4.69, 9.17) is 5.73 Å². The highest BCUT2D eigenvalue weighted by molar-refractivity contribution is 5.86. The molecule has 4 aromatic rings. The summed E-state index contributed by atoms with van der Waals surface area (Å²) in [5.41, 5.74) is 2.71. The van der Waals surface area contributed by atoms with E-state index in [1.165, 1.54) is 16.8 Å². The van der Waals surface area contributed by atoms with Gasteiger partial charge in [0.1, 0.15) is 17.2 Å². The van der Waals surface area contributed by atoms with Crippen molar-refractivity contribution in [3.63, 3.8) is 0 Å². The second kappa shape index (κ2) is 12.0. The number of hydrogen-bond acceptors (Lipinski definition) is 7. The van der Waals surface area contributed by atoms with Crippen molar-refractivity contribution in [2.45, 2.75) is 45.1 Å². The number of ether oxygens (including phenoxy) is 1. The van der Waals surface area contributed by atoms with Crippen molar-refractivity contribution in [1.82, 2.24) is 19.7 Å². The van der Waals surface area contributed by atoms with E-state index in [0.29, 0.717) is 11.1 Å². The smallest absolute Gasteiger partial charge is 0.383 e. The average molecular weight is 583 g/mol. The zero-order valence-electron chi connectivity index (χ0n) is 21.4. The summed E-state index contributed by atoms with van der Waals surface area (Å²) >= 11 is 0. The first-order valence-electron chi connectivity index (χ1n) is 12.2. The zero-order valence-corrected chi connectivity index (χ0v) is 21.4. The lowest BCUT2D eigenvalue weighted by Gasteiger charge is -2.22. The van der Waals surface area contributed by atoms with E-state index in [1.54, 1.807) is 30.2 Å². The molecule has 41 heavy (non-hydrogen) atoms. The molecule has 0 amide bonds. The summed E-state index contributed by atoms with van der Waals surface area (Å²) in [6, 6.07) is 6.36. The zero-order chi connectivity index (χ0) is 29.9. The van der Waals surface area contributed by atoms with E-state index >= 15 is 0 Å². The number of nitrogens with two attached hydrogens (primary N) is 1. The van der Waals surface area contributed by atoms with Gasteiger partial charge < -0.3 is 20.4 Å². The SMILES string of the molecule is Cc1ccc(-c2cc3ccn(CCCC(COC(F)F)Nc4cn[nH]c(=O)c4C(F)(F)F)c(=O)c3cc2F)nc1N. The number of nitrogen functional groups attached to an aromatic ring is 1. The van der Waals surface area contributed by atoms with Crippen LogP contribution >= 0.6 is 0 Å². The molecule has 4 N–H and O–H groups in total. The summed E-state index contributed by atoms with van der Waals surface area (Å²) in [7, 11) is 0. The highest BCUT2D eigenvalue weighted by Gasteiger charge is 2.37. The molecule has 9 nitrogen and oxygen atoms in total. The number of pyridine rings is 2. The molecule has 4 rings (SSSR count). The number of alkyl halides is 5. The first kappa shape index (κ1) is 29.6. The molecule has 0 aliphatic heterocycles. The monoisotopic (exact) mass is 582 g/mol. The number of hydrogen-bond donors (Lipinski definition) is 3. The maximum absolute atomic E-state index is 15.0. The van der Waals surface area contributed by atoms with E-state index in [2.05, 4.69) is 20.1 Å². The molecule has 1 atom stereocenters. The van der Waals surface area contributed by atoms with E-state index in [9.17, 15) is 35.9 Å². The number of aromatic amines is 1. The number of nitrogens with one attached hydrogen (secondary N) is 2. The molecule has 1 unspecified atom stereocenters. The van der Waals surface area contributed by atoms with Crippen LogP contribution in [0.1, 0.15) is 24.0 Å². The van der Waals surface area contributed by atoms with Crippen molar-refractivity contribution in [1.29, 1.82) is 0 Å². The van der Waals surface area contributed by atoms with Gasteiger partial charge in [0.05, 0.1) is 29.6 Å². The average Bonchev–Trinajstić information content (AvgIpc) is 2.89. The quantitative estimate of drug-likeness (QED) is 0.232. The summed E-state index contributed by atoms with van der Waals surface area (Å²) in [5.74, 6) is -0.447.